The lowest BCUT2D eigenvalue weighted by Crippen LogP contribution is -2.52. The fourth-order valence-corrected chi connectivity index (χ4v) is 2.66. The first-order valence-corrected chi connectivity index (χ1v) is 6.60. The van der Waals surface area contributed by atoms with Gasteiger partial charge in [0.15, 0.2) is 11.0 Å². The van der Waals surface area contributed by atoms with E-state index in [2.05, 4.69) is 35.9 Å². The smallest absolute Gasteiger partial charge is 0.155 e. The molecule has 0 N–H and O–H groups in total. The molecule has 0 spiro atoms. The number of anilines is 1. The highest BCUT2D eigenvalue weighted by atomic mass is 35.5. The molecule has 1 atom stereocenters. The van der Waals surface area contributed by atoms with Gasteiger partial charge < -0.3 is 9.64 Å². The lowest BCUT2D eigenvalue weighted by Gasteiger charge is -2.42. The van der Waals surface area contributed by atoms with E-state index >= 15 is 0 Å². The van der Waals surface area contributed by atoms with Crippen LogP contribution in [0.15, 0.2) is 0 Å². The molecular formula is C13H20ClN3O. The van der Waals surface area contributed by atoms with E-state index in [0.29, 0.717) is 5.15 Å². The fraction of sp³-hybridized carbons (Fsp3) is 0.692. The van der Waals surface area contributed by atoms with E-state index < -0.39 is 0 Å². The highest BCUT2D eigenvalue weighted by Gasteiger charge is 2.33. The lowest BCUT2D eigenvalue weighted by atomic mass is 10.0. The molecule has 4 nitrogen and oxygen atoms in total. The van der Waals surface area contributed by atoms with Crippen LogP contribution in [-0.2, 0) is 4.74 Å². The Morgan fingerprint density at radius 1 is 1.28 bits per heavy atom. The van der Waals surface area contributed by atoms with Gasteiger partial charge in [-0.2, -0.15) is 0 Å². The number of rotatable bonds is 1. The fourth-order valence-electron chi connectivity index (χ4n) is 2.48. The molecule has 0 bridgehead atoms. The zero-order valence-electron chi connectivity index (χ0n) is 11.6. The van der Waals surface area contributed by atoms with Crippen LogP contribution >= 0.6 is 11.6 Å². The molecule has 1 saturated heterocycles. The molecular weight excluding hydrogens is 250 g/mol. The van der Waals surface area contributed by atoms with E-state index in [0.717, 1.165) is 30.0 Å². The Bertz CT molecular complexity index is 462. The first-order valence-electron chi connectivity index (χ1n) is 6.22. The maximum Gasteiger partial charge on any atom is 0.155 e. The van der Waals surface area contributed by atoms with Crippen LogP contribution in [-0.4, -0.2) is 35.0 Å². The minimum atomic E-state index is -0.167. The molecule has 18 heavy (non-hydrogen) atoms. The molecule has 1 aromatic heterocycles. The summed E-state index contributed by atoms with van der Waals surface area (Å²) in [4.78, 5) is 2.24. The second-order valence-electron chi connectivity index (χ2n) is 5.63. The minimum Gasteiger partial charge on any atom is -0.369 e. The van der Waals surface area contributed by atoms with Crippen LogP contribution in [0, 0.1) is 13.8 Å². The van der Waals surface area contributed by atoms with Gasteiger partial charge in [0.05, 0.1) is 11.7 Å². The molecule has 2 rings (SSSR count). The van der Waals surface area contributed by atoms with Gasteiger partial charge in [0.25, 0.3) is 0 Å². The minimum absolute atomic E-state index is 0.167. The van der Waals surface area contributed by atoms with E-state index in [4.69, 9.17) is 16.3 Å². The lowest BCUT2D eigenvalue weighted by molar-refractivity contribution is -0.0752. The maximum atomic E-state index is 5.99. The van der Waals surface area contributed by atoms with Crippen LogP contribution in [0.5, 0.6) is 0 Å². The summed E-state index contributed by atoms with van der Waals surface area (Å²) in [5.74, 6) is 0.917. The van der Waals surface area contributed by atoms with Crippen LogP contribution in [0.1, 0.15) is 31.9 Å². The van der Waals surface area contributed by atoms with Crippen molar-refractivity contribution in [1.82, 2.24) is 10.2 Å². The van der Waals surface area contributed by atoms with Gasteiger partial charge in [-0.05, 0) is 45.7 Å². The molecule has 1 aliphatic rings. The second-order valence-corrected chi connectivity index (χ2v) is 5.99. The Balaban J connectivity index is 2.34. The molecule has 0 saturated carbocycles. The first kappa shape index (κ1) is 13.6. The van der Waals surface area contributed by atoms with Crippen molar-refractivity contribution in [2.24, 2.45) is 0 Å². The number of morpholine rings is 1. The largest absolute Gasteiger partial charge is 0.369 e. The number of aromatic nitrogens is 2. The Morgan fingerprint density at radius 3 is 2.56 bits per heavy atom. The van der Waals surface area contributed by atoms with Crippen LogP contribution in [0.25, 0.3) is 0 Å². The van der Waals surface area contributed by atoms with Crippen molar-refractivity contribution in [1.29, 1.82) is 0 Å². The quantitative estimate of drug-likeness (QED) is 0.786. The third kappa shape index (κ3) is 2.59. The number of ether oxygens (including phenoxy) is 1. The number of nitrogens with zero attached hydrogens (tertiary/aromatic N) is 3. The number of hydrogen-bond acceptors (Lipinski definition) is 4. The van der Waals surface area contributed by atoms with Crippen LogP contribution < -0.4 is 4.90 Å². The highest BCUT2D eigenvalue weighted by molar-refractivity contribution is 6.30. The number of halogens is 1. The van der Waals surface area contributed by atoms with Gasteiger partial charge in [-0.25, -0.2) is 0 Å². The SMILES string of the molecule is Cc1c(Cl)nnc(N2CC(C)OC(C)(C)C2)c1C. The molecule has 100 valence electrons. The van der Waals surface area contributed by atoms with E-state index in [1.54, 1.807) is 0 Å². The maximum absolute atomic E-state index is 5.99. The zero-order chi connectivity index (χ0) is 13.5. The van der Waals surface area contributed by atoms with Crippen molar-refractivity contribution >= 4 is 17.4 Å². The average Bonchev–Trinajstić information content (AvgIpc) is 2.23. The molecule has 0 amide bonds. The van der Waals surface area contributed by atoms with Gasteiger partial charge in [-0.15, -0.1) is 10.2 Å². The van der Waals surface area contributed by atoms with Crippen molar-refractivity contribution < 1.29 is 4.74 Å². The Kier molecular flexibility index (Phi) is 3.52. The summed E-state index contributed by atoms with van der Waals surface area (Å²) in [6, 6.07) is 0. The molecule has 0 radical (unpaired) electrons. The predicted molar refractivity (Wildman–Crippen MR) is 73.4 cm³/mol. The molecule has 2 heterocycles. The monoisotopic (exact) mass is 269 g/mol. The van der Waals surface area contributed by atoms with Gasteiger partial charge >= 0.3 is 0 Å². The Hall–Kier alpha value is -0.870. The van der Waals surface area contributed by atoms with Crippen molar-refractivity contribution in [3.63, 3.8) is 0 Å². The highest BCUT2D eigenvalue weighted by Crippen LogP contribution is 2.29. The molecule has 1 fully saturated rings. The van der Waals surface area contributed by atoms with Crippen LogP contribution in [0.3, 0.4) is 0 Å². The molecule has 0 aromatic carbocycles. The third-order valence-corrected chi connectivity index (χ3v) is 3.67. The first-order chi connectivity index (χ1) is 8.30. The second kappa shape index (κ2) is 4.67. The van der Waals surface area contributed by atoms with Crippen molar-refractivity contribution in [3.8, 4) is 0 Å². The number of hydrogen-bond donors (Lipinski definition) is 0. The standard InChI is InChI=1S/C13H20ClN3O/c1-8-6-17(7-13(4,5)18-8)12-10(3)9(2)11(14)15-16-12/h8H,6-7H2,1-5H3. The molecule has 1 aliphatic heterocycles. The zero-order valence-corrected chi connectivity index (χ0v) is 12.4. The molecule has 1 unspecified atom stereocenters. The summed E-state index contributed by atoms with van der Waals surface area (Å²) >= 11 is 5.99. The molecule has 1 aromatic rings. The van der Waals surface area contributed by atoms with Crippen molar-refractivity contribution in [2.75, 3.05) is 18.0 Å². The van der Waals surface area contributed by atoms with Gasteiger partial charge in [0, 0.05) is 13.1 Å². The van der Waals surface area contributed by atoms with Gasteiger partial charge in [-0.1, -0.05) is 11.6 Å². The summed E-state index contributed by atoms with van der Waals surface area (Å²) in [5, 5.41) is 8.75. The van der Waals surface area contributed by atoms with Crippen LogP contribution in [0.2, 0.25) is 5.15 Å². The normalized spacial score (nSPS) is 23.2. The van der Waals surface area contributed by atoms with E-state index in [-0.39, 0.29) is 11.7 Å². The predicted octanol–water partition coefficient (Wildman–Crippen LogP) is 2.75. The average molecular weight is 270 g/mol. The van der Waals surface area contributed by atoms with Gasteiger partial charge in [0.1, 0.15) is 0 Å². The van der Waals surface area contributed by atoms with E-state index in [1.807, 2.05) is 13.8 Å². The molecule has 0 aliphatic carbocycles. The van der Waals surface area contributed by atoms with Gasteiger partial charge in [-0.3, -0.25) is 0 Å². The topological polar surface area (TPSA) is 38.2 Å². The summed E-state index contributed by atoms with van der Waals surface area (Å²) in [7, 11) is 0. The Morgan fingerprint density at radius 2 is 1.94 bits per heavy atom. The van der Waals surface area contributed by atoms with E-state index in [9.17, 15) is 0 Å². The molecule has 5 heteroatoms. The van der Waals surface area contributed by atoms with Crippen LogP contribution in [0.4, 0.5) is 5.82 Å². The van der Waals surface area contributed by atoms with Gasteiger partial charge in [0.2, 0.25) is 0 Å². The summed E-state index contributed by atoms with van der Waals surface area (Å²) in [6.07, 6.45) is 0.186. The third-order valence-electron chi connectivity index (χ3n) is 3.31. The Labute approximate surface area is 113 Å². The van der Waals surface area contributed by atoms with E-state index in [1.165, 1.54) is 0 Å². The van der Waals surface area contributed by atoms with Crippen molar-refractivity contribution in [3.05, 3.63) is 16.3 Å². The summed E-state index contributed by atoms with van der Waals surface area (Å²) in [6.45, 7) is 11.9. The van der Waals surface area contributed by atoms with Crippen molar-refractivity contribution in [2.45, 2.75) is 46.3 Å². The summed E-state index contributed by atoms with van der Waals surface area (Å²) in [5.41, 5.74) is 1.93. The summed E-state index contributed by atoms with van der Waals surface area (Å²) < 4.78 is 5.90.